The molecule has 1 N–H and O–H groups in total. The number of halogens is 1. The molecule has 1 aromatic rings. The molecule has 1 aromatic heterocycles. The van der Waals surface area contributed by atoms with Crippen LogP contribution in [0, 0.1) is 6.92 Å². The zero-order valence-electron chi connectivity index (χ0n) is 15.9. The van der Waals surface area contributed by atoms with E-state index < -0.39 is 0 Å². The normalized spacial score (nSPS) is 21.7. The van der Waals surface area contributed by atoms with Gasteiger partial charge in [0.2, 0.25) is 0 Å². The third-order valence-electron chi connectivity index (χ3n) is 4.88. The highest BCUT2D eigenvalue weighted by Gasteiger charge is 2.24. The fourth-order valence-corrected chi connectivity index (χ4v) is 3.46. The molecular weight excluding hydrogens is 445 g/mol. The minimum atomic E-state index is 0. The number of aryl methyl sites for hydroxylation is 1. The second kappa shape index (κ2) is 11.1. The lowest BCUT2D eigenvalue weighted by atomic mass is 10.1. The van der Waals surface area contributed by atoms with Crippen molar-refractivity contribution < 1.29 is 9.47 Å². The van der Waals surface area contributed by atoms with Crippen LogP contribution in [0.5, 0.6) is 0 Å². The molecular formula is C18H32IN5O2. The predicted octanol–water partition coefficient (Wildman–Crippen LogP) is 2.04. The lowest BCUT2D eigenvalue weighted by molar-refractivity contribution is -0.0367. The van der Waals surface area contributed by atoms with Crippen molar-refractivity contribution in [3.05, 3.63) is 18.0 Å². The largest absolute Gasteiger partial charge is 0.376 e. The summed E-state index contributed by atoms with van der Waals surface area (Å²) < 4.78 is 13.6. The Balaban J connectivity index is 0.00000243. The monoisotopic (exact) mass is 477 g/mol. The van der Waals surface area contributed by atoms with Crippen LogP contribution in [-0.4, -0.2) is 72.7 Å². The third-order valence-corrected chi connectivity index (χ3v) is 4.88. The van der Waals surface area contributed by atoms with Crippen LogP contribution in [0.25, 0.3) is 0 Å². The summed E-state index contributed by atoms with van der Waals surface area (Å²) in [4.78, 5) is 6.74. The van der Waals surface area contributed by atoms with Crippen LogP contribution < -0.4 is 5.32 Å². The Morgan fingerprint density at radius 2 is 2.19 bits per heavy atom. The molecule has 0 radical (unpaired) electrons. The van der Waals surface area contributed by atoms with Gasteiger partial charge in [-0.05, 0) is 38.2 Å². The summed E-state index contributed by atoms with van der Waals surface area (Å²) in [7, 11) is 1.85. The maximum atomic E-state index is 6.05. The highest BCUT2D eigenvalue weighted by molar-refractivity contribution is 14.0. The molecule has 7 nitrogen and oxygen atoms in total. The Kier molecular flexibility index (Phi) is 9.13. The van der Waals surface area contributed by atoms with Crippen LogP contribution in [0.2, 0.25) is 0 Å². The van der Waals surface area contributed by atoms with E-state index in [1.54, 1.807) is 0 Å². The maximum absolute atomic E-state index is 6.05. The number of aromatic nitrogens is 2. The zero-order valence-corrected chi connectivity index (χ0v) is 18.2. The molecule has 2 aliphatic rings. The summed E-state index contributed by atoms with van der Waals surface area (Å²) in [5.41, 5.74) is 1.19. The second-order valence-corrected chi connectivity index (χ2v) is 6.91. The van der Waals surface area contributed by atoms with Gasteiger partial charge in [-0.25, -0.2) is 0 Å². The molecule has 148 valence electrons. The van der Waals surface area contributed by atoms with E-state index in [9.17, 15) is 0 Å². The molecule has 0 spiro atoms. The van der Waals surface area contributed by atoms with Crippen LogP contribution in [0.1, 0.15) is 31.2 Å². The number of nitrogens with zero attached hydrogens (tertiary/aromatic N) is 4. The van der Waals surface area contributed by atoms with E-state index >= 15 is 0 Å². The van der Waals surface area contributed by atoms with E-state index in [1.807, 2.05) is 17.9 Å². The first-order valence-corrected chi connectivity index (χ1v) is 9.42. The average Bonchev–Trinajstić information content (AvgIpc) is 3.29. The summed E-state index contributed by atoms with van der Waals surface area (Å²) in [6, 6.07) is 0. The van der Waals surface area contributed by atoms with Gasteiger partial charge in [0.1, 0.15) is 0 Å². The SMILES string of the molecule is CN=C(NCCn1cc(C)cn1)N1CCC(OCC2CCCO2)CC1.I. The minimum Gasteiger partial charge on any atom is -0.376 e. The van der Waals surface area contributed by atoms with Gasteiger partial charge in [-0.2, -0.15) is 5.10 Å². The first-order chi connectivity index (χ1) is 12.2. The average molecular weight is 477 g/mol. The number of guanidine groups is 1. The summed E-state index contributed by atoms with van der Waals surface area (Å²) in [6.45, 7) is 7.33. The molecule has 2 saturated heterocycles. The summed E-state index contributed by atoms with van der Waals surface area (Å²) in [6.07, 6.45) is 9.02. The van der Waals surface area contributed by atoms with Gasteiger partial charge in [0.25, 0.3) is 0 Å². The molecule has 3 rings (SSSR count). The number of nitrogens with one attached hydrogen (secondary N) is 1. The van der Waals surface area contributed by atoms with Gasteiger partial charge in [-0.3, -0.25) is 9.67 Å². The molecule has 0 amide bonds. The highest BCUT2D eigenvalue weighted by Crippen LogP contribution is 2.17. The maximum Gasteiger partial charge on any atom is 0.193 e. The van der Waals surface area contributed by atoms with Crippen LogP contribution in [0.4, 0.5) is 0 Å². The van der Waals surface area contributed by atoms with Crippen LogP contribution in [0.15, 0.2) is 17.4 Å². The molecule has 0 aromatic carbocycles. The molecule has 8 heteroatoms. The molecule has 1 atom stereocenters. The van der Waals surface area contributed by atoms with Gasteiger partial charge in [0, 0.05) is 39.5 Å². The minimum absolute atomic E-state index is 0. The number of likely N-dealkylation sites (tertiary alicyclic amines) is 1. The molecule has 3 heterocycles. The van der Waals surface area contributed by atoms with E-state index in [-0.39, 0.29) is 24.0 Å². The summed E-state index contributed by atoms with van der Waals surface area (Å²) in [5.74, 6) is 0.974. The van der Waals surface area contributed by atoms with Crippen LogP contribution >= 0.6 is 24.0 Å². The molecule has 0 aliphatic carbocycles. The van der Waals surface area contributed by atoms with E-state index in [1.165, 1.54) is 12.0 Å². The standard InChI is InChI=1S/C18H31N5O2.HI/c1-15-12-21-23(13-15)10-7-20-18(19-2)22-8-5-16(6-9-22)25-14-17-4-3-11-24-17;/h12-13,16-17H,3-11,14H2,1-2H3,(H,19,20);1H. The Bertz CT molecular complexity index is 552. The van der Waals surface area contributed by atoms with Gasteiger partial charge >= 0.3 is 0 Å². The Morgan fingerprint density at radius 1 is 1.38 bits per heavy atom. The first-order valence-electron chi connectivity index (χ1n) is 9.42. The predicted molar refractivity (Wildman–Crippen MR) is 113 cm³/mol. The summed E-state index contributed by atoms with van der Waals surface area (Å²) >= 11 is 0. The Morgan fingerprint density at radius 3 is 2.81 bits per heavy atom. The van der Waals surface area contributed by atoms with Crippen molar-refractivity contribution in [3.8, 4) is 0 Å². The number of piperidine rings is 1. The Hall–Kier alpha value is -0.870. The molecule has 0 saturated carbocycles. The van der Waals surface area contributed by atoms with Gasteiger partial charge in [0.15, 0.2) is 5.96 Å². The molecule has 2 aliphatic heterocycles. The molecule has 26 heavy (non-hydrogen) atoms. The lowest BCUT2D eigenvalue weighted by Gasteiger charge is -2.34. The van der Waals surface area contributed by atoms with Gasteiger partial charge in [-0.1, -0.05) is 0 Å². The van der Waals surface area contributed by atoms with Gasteiger partial charge < -0.3 is 19.7 Å². The highest BCUT2D eigenvalue weighted by atomic mass is 127. The van der Waals surface area contributed by atoms with Crippen LogP contribution in [0.3, 0.4) is 0 Å². The van der Waals surface area contributed by atoms with E-state index in [2.05, 4.69) is 33.4 Å². The first kappa shape index (κ1) is 21.4. The molecule has 2 fully saturated rings. The van der Waals surface area contributed by atoms with Crippen LogP contribution in [-0.2, 0) is 16.0 Å². The van der Waals surface area contributed by atoms with Crippen molar-refractivity contribution in [1.29, 1.82) is 0 Å². The lowest BCUT2D eigenvalue weighted by Crippen LogP contribution is -2.47. The smallest absolute Gasteiger partial charge is 0.193 e. The Labute approximate surface area is 173 Å². The van der Waals surface area contributed by atoms with Gasteiger partial charge in [-0.15, -0.1) is 24.0 Å². The van der Waals surface area contributed by atoms with Crippen molar-refractivity contribution in [1.82, 2.24) is 20.0 Å². The number of hydrogen-bond acceptors (Lipinski definition) is 4. The second-order valence-electron chi connectivity index (χ2n) is 6.91. The zero-order chi connectivity index (χ0) is 17.5. The fraction of sp³-hybridized carbons (Fsp3) is 0.778. The van der Waals surface area contributed by atoms with Crippen molar-refractivity contribution in [2.24, 2.45) is 4.99 Å². The topological polar surface area (TPSA) is 63.9 Å². The van der Waals surface area contributed by atoms with Crippen molar-refractivity contribution in [3.63, 3.8) is 0 Å². The summed E-state index contributed by atoms with van der Waals surface area (Å²) in [5, 5.41) is 7.75. The quantitative estimate of drug-likeness (QED) is 0.386. The van der Waals surface area contributed by atoms with Crippen molar-refractivity contribution in [2.75, 3.05) is 39.9 Å². The fourth-order valence-electron chi connectivity index (χ4n) is 3.46. The molecule has 1 unspecified atom stereocenters. The van der Waals surface area contributed by atoms with Crippen molar-refractivity contribution >= 4 is 29.9 Å². The van der Waals surface area contributed by atoms with Gasteiger partial charge in [0.05, 0.1) is 31.6 Å². The number of hydrogen-bond donors (Lipinski definition) is 1. The van der Waals surface area contributed by atoms with Crippen molar-refractivity contribution in [2.45, 2.75) is 51.4 Å². The number of ether oxygens (including phenoxy) is 2. The van der Waals surface area contributed by atoms with E-state index in [0.717, 1.165) is 64.6 Å². The number of rotatable bonds is 6. The molecule has 0 bridgehead atoms. The van der Waals surface area contributed by atoms with E-state index in [4.69, 9.17) is 9.47 Å². The number of aliphatic imine (C=N–C) groups is 1. The third kappa shape index (κ3) is 6.38. The van der Waals surface area contributed by atoms with E-state index in [0.29, 0.717) is 12.2 Å².